The number of pyridine rings is 1. The van der Waals surface area contributed by atoms with Gasteiger partial charge in [-0.3, -0.25) is 4.98 Å². The van der Waals surface area contributed by atoms with Crippen molar-refractivity contribution in [3.8, 4) is 11.3 Å². The first-order valence-electron chi connectivity index (χ1n) is 4.73. The Morgan fingerprint density at radius 3 is 2.71 bits per heavy atom. The largest absolute Gasteiger partial charge is 0.478 e. The molecule has 0 bridgehead atoms. The minimum Gasteiger partial charge on any atom is -0.478 e. The smallest absolute Gasteiger partial charge is 0.337 e. The number of benzene rings is 1. The van der Waals surface area contributed by atoms with Crippen LogP contribution in [0.5, 0.6) is 0 Å². The predicted octanol–water partition coefficient (Wildman–Crippen LogP) is 2.73. The van der Waals surface area contributed by atoms with E-state index in [4.69, 9.17) is 5.11 Å². The van der Waals surface area contributed by atoms with Gasteiger partial charge < -0.3 is 5.11 Å². The summed E-state index contributed by atoms with van der Waals surface area (Å²) in [4.78, 5) is 14.7. The van der Waals surface area contributed by atoms with E-state index in [1.54, 1.807) is 0 Å². The number of carboxylic acid groups (broad SMARTS) is 1. The van der Waals surface area contributed by atoms with Gasteiger partial charge in [-0.15, -0.1) is 0 Å². The molecule has 1 aromatic carbocycles. The average molecular weight is 235 g/mol. The molecule has 0 radical (unpaired) electrons. The maximum absolute atomic E-state index is 13.5. The second kappa shape index (κ2) is 4.29. The summed E-state index contributed by atoms with van der Waals surface area (Å²) in [6.45, 7) is 0. The Labute approximate surface area is 95.4 Å². The normalized spacial score (nSPS) is 10.2. The van der Waals surface area contributed by atoms with Crippen molar-refractivity contribution in [3.63, 3.8) is 0 Å². The van der Waals surface area contributed by atoms with Crippen molar-refractivity contribution < 1.29 is 18.7 Å². The van der Waals surface area contributed by atoms with Crippen molar-refractivity contribution >= 4 is 5.97 Å². The molecule has 17 heavy (non-hydrogen) atoms. The standard InChI is InChI=1S/C12H7F2NO2/c13-7-3-4-10(14)9(6-7)11-8(12(16)17)2-1-5-15-11/h1-6H,(H,16,17). The predicted molar refractivity (Wildman–Crippen MR) is 56.5 cm³/mol. The number of nitrogens with zero attached hydrogens (tertiary/aromatic N) is 1. The van der Waals surface area contributed by atoms with Crippen molar-refractivity contribution in [2.45, 2.75) is 0 Å². The molecule has 1 heterocycles. The van der Waals surface area contributed by atoms with Crippen LogP contribution >= 0.6 is 0 Å². The second-order valence-corrected chi connectivity index (χ2v) is 3.33. The molecule has 2 aromatic rings. The van der Waals surface area contributed by atoms with E-state index in [2.05, 4.69) is 4.98 Å². The summed E-state index contributed by atoms with van der Waals surface area (Å²) in [6.07, 6.45) is 1.33. The summed E-state index contributed by atoms with van der Waals surface area (Å²) in [5.41, 5.74) is -0.419. The van der Waals surface area contributed by atoms with E-state index >= 15 is 0 Å². The maximum atomic E-state index is 13.5. The second-order valence-electron chi connectivity index (χ2n) is 3.33. The highest BCUT2D eigenvalue weighted by atomic mass is 19.1. The molecule has 3 nitrogen and oxygen atoms in total. The number of hydrogen-bond acceptors (Lipinski definition) is 2. The van der Waals surface area contributed by atoms with Crippen molar-refractivity contribution in [1.82, 2.24) is 4.98 Å². The molecule has 5 heteroatoms. The molecule has 1 N–H and O–H groups in total. The number of carboxylic acids is 1. The first kappa shape index (κ1) is 11.2. The average Bonchev–Trinajstić information content (AvgIpc) is 2.32. The molecule has 0 spiro atoms. The molecule has 0 aliphatic carbocycles. The van der Waals surface area contributed by atoms with Gasteiger partial charge >= 0.3 is 5.97 Å². The monoisotopic (exact) mass is 235 g/mol. The Morgan fingerprint density at radius 2 is 2.00 bits per heavy atom. The molecule has 86 valence electrons. The van der Waals surface area contributed by atoms with E-state index in [1.165, 1.54) is 18.3 Å². The van der Waals surface area contributed by atoms with Gasteiger partial charge in [-0.25, -0.2) is 13.6 Å². The molecule has 0 atom stereocenters. The van der Waals surface area contributed by atoms with Gasteiger partial charge in [-0.05, 0) is 30.3 Å². The highest BCUT2D eigenvalue weighted by Gasteiger charge is 2.16. The van der Waals surface area contributed by atoms with Gasteiger partial charge in [0.15, 0.2) is 0 Å². The summed E-state index contributed by atoms with van der Waals surface area (Å²) in [5, 5.41) is 8.93. The zero-order chi connectivity index (χ0) is 12.4. The first-order chi connectivity index (χ1) is 8.09. The zero-order valence-electron chi connectivity index (χ0n) is 8.52. The lowest BCUT2D eigenvalue weighted by molar-refractivity contribution is 0.0697. The molecule has 0 saturated carbocycles. The third-order valence-corrected chi connectivity index (χ3v) is 2.22. The van der Waals surface area contributed by atoms with E-state index in [0.29, 0.717) is 0 Å². The molecule has 0 amide bonds. The van der Waals surface area contributed by atoms with Gasteiger partial charge in [0.05, 0.1) is 11.3 Å². The van der Waals surface area contributed by atoms with Crippen LogP contribution in [0.4, 0.5) is 8.78 Å². The van der Waals surface area contributed by atoms with Crippen LogP contribution in [0.2, 0.25) is 0 Å². The Hall–Kier alpha value is -2.30. The van der Waals surface area contributed by atoms with Crippen molar-refractivity contribution in [2.24, 2.45) is 0 Å². The zero-order valence-corrected chi connectivity index (χ0v) is 8.52. The lowest BCUT2D eigenvalue weighted by atomic mass is 10.1. The van der Waals surface area contributed by atoms with Crippen LogP contribution in [0.1, 0.15) is 10.4 Å². The molecule has 1 aromatic heterocycles. The van der Waals surface area contributed by atoms with Crippen molar-refractivity contribution in [1.29, 1.82) is 0 Å². The number of aromatic carboxylic acids is 1. The summed E-state index contributed by atoms with van der Waals surface area (Å²) in [5.74, 6) is -2.60. The van der Waals surface area contributed by atoms with Gasteiger partial charge in [-0.2, -0.15) is 0 Å². The van der Waals surface area contributed by atoms with Crippen LogP contribution in [-0.2, 0) is 0 Å². The van der Waals surface area contributed by atoms with E-state index < -0.39 is 17.6 Å². The summed E-state index contributed by atoms with van der Waals surface area (Å²) in [7, 11) is 0. The maximum Gasteiger partial charge on any atom is 0.337 e. The summed E-state index contributed by atoms with van der Waals surface area (Å²) in [6, 6.07) is 5.52. The van der Waals surface area contributed by atoms with Gasteiger partial charge in [-0.1, -0.05) is 0 Å². The Balaban J connectivity index is 2.68. The topological polar surface area (TPSA) is 50.2 Å². The van der Waals surface area contributed by atoms with Crippen molar-refractivity contribution in [3.05, 3.63) is 53.7 Å². The molecule has 0 aliphatic heterocycles. The lowest BCUT2D eigenvalue weighted by Crippen LogP contribution is -2.02. The summed E-state index contributed by atoms with van der Waals surface area (Å²) < 4.78 is 26.5. The molecule has 0 unspecified atom stereocenters. The minimum absolute atomic E-state index is 0.0861. The molecule has 0 fully saturated rings. The van der Waals surface area contributed by atoms with Gasteiger partial charge in [0.2, 0.25) is 0 Å². The molecule has 2 rings (SSSR count). The number of aromatic nitrogens is 1. The van der Waals surface area contributed by atoms with Crippen LogP contribution in [0.25, 0.3) is 11.3 Å². The number of hydrogen-bond donors (Lipinski definition) is 1. The highest BCUT2D eigenvalue weighted by Crippen LogP contribution is 2.24. The number of carbonyl (C=O) groups is 1. The van der Waals surface area contributed by atoms with Crippen molar-refractivity contribution in [2.75, 3.05) is 0 Å². The first-order valence-corrected chi connectivity index (χ1v) is 4.73. The quantitative estimate of drug-likeness (QED) is 0.870. The Morgan fingerprint density at radius 1 is 1.24 bits per heavy atom. The van der Waals surface area contributed by atoms with Gasteiger partial charge in [0.1, 0.15) is 11.6 Å². The number of halogens is 2. The van der Waals surface area contributed by atoms with Crippen LogP contribution in [0.3, 0.4) is 0 Å². The van der Waals surface area contributed by atoms with E-state index in [0.717, 1.165) is 18.2 Å². The van der Waals surface area contributed by atoms with Crippen LogP contribution in [0.15, 0.2) is 36.5 Å². The molecule has 0 aliphatic rings. The van der Waals surface area contributed by atoms with E-state index in [1.807, 2.05) is 0 Å². The third kappa shape index (κ3) is 2.13. The molecular formula is C12H7F2NO2. The van der Waals surface area contributed by atoms with Crippen LogP contribution in [-0.4, -0.2) is 16.1 Å². The fourth-order valence-electron chi connectivity index (χ4n) is 1.47. The SMILES string of the molecule is O=C(O)c1cccnc1-c1cc(F)ccc1F. The molecule has 0 saturated heterocycles. The third-order valence-electron chi connectivity index (χ3n) is 2.22. The minimum atomic E-state index is -1.24. The fourth-order valence-corrected chi connectivity index (χ4v) is 1.47. The lowest BCUT2D eigenvalue weighted by Gasteiger charge is -2.06. The molecular weight excluding hydrogens is 228 g/mol. The highest BCUT2D eigenvalue weighted by molar-refractivity contribution is 5.94. The van der Waals surface area contributed by atoms with Gasteiger partial charge in [0, 0.05) is 11.8 Å². The van der Waals surface area contributed by atoms with E-state index in [9.17, 15) is 13.6 Å². The fraction of sp³-hybridized carbons (Fsp3) is 0. The number of rotatable bonds is 2. The Bertz CT molecular complexity index is 584. The summed E-state index contributed by atoms with van der Waals surface area (Å²) >= 11 is 0. The Kier molecular flexibility index (Phi) is 2.82. The van der Waals surface area contributed by atoms with Gasteiger partial charge in [0.25, 0.3) is 0 Å². The van der Waals surface area contributed by atoms with E-state index in [-0.39, 0.29) is 16.8 Å². The van der Waals surface area contributed by atoms with Crippen LogP contribution in [0, 0.1) is 11.6 Å². The van der Waals surface area contributed by atoms with Crippen LogP contribution < -0.4 is 0 Å².